The molecule has 0 radical (unpaired) electrons. The second kappa shape index (κ2) is 6.39. The van der Waals surface area contributed by atoms with E-state index in [4.69, 9.17) is 5.73 Å². The Morgan fingerprint density at radius 3 is 2.57 bits per heavy atom. The van der Waals surface area contributed by atoms with Gasteiger partial charge in [0, 0.05) is 12.1 Å². The number of likely N-dealkylation sites (tertiary alicyclic amines) is 1. The summed E-state index contributed by atoms with van der Waals surface area (Å²) >= 11 is 3.69. The molecule has 5 heteroatoms. The normalized spacial score (nSPS) is 23.8. The largest absolute Gasteiger partial charge is 0.321 e. The van der Waals surface area contributed by atoms with E-state index < -0.39 is 0 Å². The summed E-state index contributed by atoms with van der Waals surface area (Å²) < 4.78 is 3.19. The maximum absolute atomic E-state index is 6.86. The first-order valence-electron chi connectivity index (χ1n) is 8.41. The molecule has 2 fully saturated rings. The zero-order valence-electron chi connectivity index (χ0n) is 13.0. The highest BCUT2D eigenvalue weighted by Crippen LogP contribution is 2.46. The average Bonchev–Trinajstić information content (AvgIpc) is 3.19. The Labute approximate surface area is 136 Å². The first kappa shape index (κ1) is 15.5. The van der Waals surface area contributed by atoms with E-state index in [0.29, 0.717) is 0 Å². The molecule has 1 saturated heterocycles. The topological polar surface area (TPSA) is 47.1 Å². The standard InChI is InChI=1S/C16H27BrN4/c1-2-9-21-14(13(17)12-19-21)15(18)16(7-3-4-8-16)20-10-5-6-11-20/h12,15H,2-11,18H2,1H3. The van der Waals surface area contributed by atoms with Gasteiger partial charge >= 0.3 is 0 Å². The molecule has 1 unspecified atom stereocenters. The van der Waals surface area contributed by atoms with Gasteiger partial charge in [0.1, 0.15) is 0 Å². The Morgan fingerprint density at radius 1 is 1.29 bits per heavy atom. The summed E-state index contributed by atoms with van der Waals surface area (Å²) in [5.74, 6) is 0. The summed E-state index contributed by atoms with van der Waals surface area (Å²) in [6.45, 7) is 5.57. The minimum Gasteiger partial charge on any atom is -0.321 e. The smallest absolute Gasteiger partial charge is 0.0712 e. The van der Waals surface area contributed by atoms with Gasteiger partial charge in [0.05, 0.1) is 22.4 Å². The third-order valence-corrected chi connectivity index (χ3v) is 5.96. The van der Waals surface area contributed by atoms with Crippen LogP contribution in [0.5, 0.6) is 0 Å². The zero-order chi connectivity index (χ0) is 14.9. The zero-order valence-corrected chi connectivity index (χ0v) is 14.6. The van der Waals surface area contributed by atoms with Gasteiger partial charge in [-0.15, -0.1) is 0 Å². The van der Waals surface area contributed by atoms with Gasteiger partial charge in [-0.25, -0.2) is 0 Å². The van der Waals surface area contributed by atoms with Crippen molar-refractivity contribution in [1.82, 2.24) is 14.7 Å². The predicted octanol–water partition coefficient (Wildman–Crippen LogP) is 3.46. The number of hydrogen-bond acceptors (Lipinski definition) is 3. The Balaban J connectivity index is 1.94. The minimum absolute atomic E-state index is 0.0570. The van der Waals surface area contributed by atoms with Crippen LogP contribution in [-0.2, 0) is 6.54 Å². The van der Waals surface area contributed by atoms with Crippen LogP contribution in [-0.4, -0.2) is 33.3 Å². The van der Waals surface area contributed by atoms with E-state index in [-0.39, 0.29) is 11.6 Å². The van der Waals surface area contributed by atoms with Gasteiger partial charge in [-0.3, -0.25) is 9.58 Å². The SMILES string of the molecule is CCCn1ncc(Br)c1C(N)C1(N2CCCC2)CCCC1. The lowest BCUT2D eigenvalue weighted by Gasteiger charge is -2.43. The molecule has 0 aromatic carbocycles. The summed E-state index contributed by atoms with van der Waals surface area (Å²) in [6, 6.07) is 0.0570. The van der Waals surface area contributed by atoms with E-state index in [1.165, 1.54) is 57.3 Å². The first-order chi connectivity index (χ1) is 10.2. The fraction of sp³-hybridized carbons (Fsp3) is 0.812. The molecule has 4 nitrogen and oxygen atoms in total. The quantitative estimate of drug-likeness (QED) is 0.880. The van der Waals surface area contributed by atoms with Crippen LogP contribution in [0.2, 0.25) is 0 Å². The van der Waals surface area contributed by atoms with Crippen LogP contribution in [0, 0.1) is 0 Å². The maximum atomic E-state index is 6.86. The van der Waals surface area contributed by atoms with E-state index in [1.807, 2.05) is 6.20 Å². The van der Waals surface area contributed by atoms with E-state index in [1.54, 1.807) is 0 Å². The van der Waals surface area contributed by atoms with Gasteiger partial charge < -0.3 is 5.73 Å². The number of nitrogens with two attached hydrogens (primary N) is 1. The molecule has 1 aromatic heterocycles. The van der Waals surface area contributed by atoms with Crippen molar-refractivity contribution in [1.29, 1.82) is 0 Å². The Hall–Kier alpha value is -0.390. The molecule has 1 aromatic rings. The molecule has 2 aliphatic rings. The second-order valence-corrected chi connectivity index (χ2v) is 7.44. The van der Waals surface area contributed by atoms with Crippen molar-refractivity contribution in [2.75, 3.05) is 13.1 Å². The van der Waals surface area contributed by atoms with Crippen molar-refractivity contribution >= 4 is 15.9 Å². The molecular formula is C16H27BrN4. The van der Waals surface area contributed by atoms with Crippen molar-refractivity contribution in [2.45, 2.75) is 70.0 Å². The van der Waals surface area contributed by atoms with Crippen LogP contribution < -0.4 is 5.73 Å². The summed E-state index contributed by atoms with van der Waals surface area (Å²) in [4.78, 5) is 2.68. The van der Waals surface area contributed by atoms with Gasteiger partial charge in [0.2, 0.25) is 0 Å². The van der Waals surface area contributed by atoms with Gasteiger partial charge in [-0.1, -0.05) is 19.8 Å². The minimum atomic E-state index is 0.0570. The van der Waals surface area contributed by atoms with Gasteiger partial charge in [0.25, 0.3) is 0 Å². The molecular weight excluding hydrogens is 328 g/mol. The van der Waals surface area contributed by atoms with Crippen LogP contribution in [0.4, 0.5) is 0 Å². The second-order valence-electron chi connectivity index (χ2n) is 6.58. The molecule has 0 amide bonds. The molecule has 2 N–H and O–H groups in total. The Morgan fingerprint density at radius 2 is 1.95 bits per heavy atom. The van der Waals surface area contributed by atoms with Gasteiger partial charge in [-0.05, 0) is 61.1 Å². The highest BCUT2D eigenvalue weighted by Gasteiger charge is 2.47. The van der Waals surface area contributed by atoms with E-state index in [0.717, 1.165) is 17.4 Å². The fourth-order valence-corrected chi connectivity index (χ4v) is 4.84. The van der Waals surface area contributed by atoms with Crippen molar-refractivity contribution in [2.24, 2.45) is 5.73 Å². The third-order valence-electron chi connectivity index (χ3n) is 5.35. The monoisotopic (exact) mass is 354 g/mol. The lowest BCUT2D eigenvalue weighted by molar-refractivity contribution is 0.0884. The van der Waals surface area contributed by atoms with Crippen LogP contribution in [0.25, 0.3) is 0 Å². The van der Waals surface area contributed by atoms with E-state index >= 15 is 0 Å². The van der Waals surface area contributed by atoms with Crippen molar-refractivity contribution in [3.63, 3.8) is 0 Å². The lowest BCUT2D eigenvalue weighted by Crippen LogP contribution is -2.53. The number of rotatable bonds is 5. The van der Waals surface area contributed by atoms with Crippen LogP contribution in [0.1, 0.15) is 63.6 Å². The third kappa shape index (κ3) is 2.68. The molecule has 0 bridgehead atoms. The highest BCUT2D eigenvalue weighted by molar-refractivity contribution is 9.10. The van der Waals surface area contributed by atoms with Gasteiger partial charge in [0.15, 0.2) is 0 Å². The van der Waals surface area contributed by atoms with Crippen molar-refractivity contribution in [3.8, 4) is 0 Å². The molecule has 0 spiro atoms. The summed E-state index contributed by atoms with van der Waals surface area (Å²) in [5, 5.41) is 4.53. The van der Waals surface area contributed by atoms with E-state index in [2.05, 4.69) is 37.5 Å². The van der Waals surface area contributed by atoms with Gasteiger partial charge in [-0.2, -0.15) is 5.10 Å². The highest BCUT2D eigenvalue weighted by atomic mass is 79.9. The number of nitrogens with zero attached hydrogens (tertiary/aromatic N) is 3. The van der Waals surface area contributed by atoms with Crippen LogP contribution in [0.15, 0.2) is 10.7 Å². The molecule has 118 valence electrons. The van der Waals surface area contributed by atoms with Crippen molar-refractivity contribution in [3.05, 3.63) is 16.4 Å². The first-order valence-corrected chi connectivity index (χ1v) is 9.20. The van der Waals surface area contributed by atoms with Crippen molar-refractivity contribution < 1.29 is 0 Å². The Bertz CT molecular complexity index is 473. The number of halogens is 1. The van der Waals surface area contributed by atoms with E-state index in [9.17, 15) is 0 Å². The maximum Gasteiger partial charge on any atom is 0.0712 e. The number of aromatic nitrogens is 2. The molecule has 2 heterocycles. The fourth-order valence-electron chi connectivity index (χ4n) is 4.30. The number of aryl methyl sites for hydroxylation is 1. The summed E-state index contributed by atoms with van der Waals surface area (Å²) in [7, 11) is 0. The molecule has 1 saturated carbocycles. The average molecular weight is 355 g/mol. The molecule has 1 aliphatic carbocycles. The molecule has 21 heavy (non-hydrogen) atoms. The Kier molecular flexibility index (Phi) is 4.71. The molecule has 1 aliphatic heterocycles. The molecule has 1 atom stereocenters. The van der Waals surface area contributed by atoms with Crippen LogP contribution >= 0.6 is 15.9 Å². The lowest BCUT2D eigenvalue weighted by atomic mass is 9.84. The number of hydrogen-bond donors (Lipinski definition) is 1. The van der Waals surface area contributed by atoms with Crippen LogP contribution in [0.3, 0.4) is 0 Å². The summed E-state index contributed by atoms with van der Waals surface area (Å²) in [5.41, 5.74) is 8.22. The summed E-state index contributed by atoms with van der Waals surface area (Å²) in [6.07, 6.45) is 10.7. The molecule has 3 rings (SSSR count). The predicted molar refractivity (Wildman–Crippen MR) is 89.2 cm³/mol.